The van der Waals surface area contributed by atoms with Crippen LogP contribution in [-0.4, -0.2) is 31.9 Å². The number of carbonyl (C=O) groups is 1. The molecule has 2 aromatic rings. The summed E-state index contributed by atoms with van der Waals surface area (Å²) in [5.74, 6) is 1.09. The molecule has 0 bridgehead atoms. The lowest BCUT2D eigenvalue weighted by Gasteiger charge is -2.16. The second kappa shape index (κ2) is 11.0. The molecule has 0 atom stereocenters. The van der Waals surface area contributed by atoms with E-state index >= 15 is 0 Å². The van der Waals surface area contributed by atoms with Gasteiger partial charge in [0.15, 0.2) is 11.5 Å². The van der Waals surface area contributed by atoms with Crippen molar-refractivity contribution in [3.8, 4) is 17.2 Å². The van der Waals surface area contributed by atoms with Crippen LogP contribution in [0.1, 0.15) is 49.2 Å². The molecule has 2 rings (SSSR count). The van der Waals surface area contributed by atoms with Crippen LogP contribution in [0.2, 0.25) is 0 Å². The second-order valence-corrected chi connectivity index (χ2v) is 5.89. The Hall–Kier alpha value is -3.02. The number of nitrogens with zero attached hydrogens (tertiary/aromatic N) is 1. The number of ether oxygens (including phenoxy) is 3. The van der Waals surface area contributed by atoms with Crippen LogP contribution in [0, 0.1) is 0 Å². The van der Waals surface area contributed by atoms with Gasteiger partial charge in [-0.2, -0.15) is 5.10 Å². The zero-order chi connectivity index (χ0) is 20.4. The normalized spacial score (nSPS) is 10.7. The molecule has 0 saturated carbocycles. The molecule has 28 heavy (non-hydrogen) atoms. The molecule has 6 nitrogen and oxygen atoms in total. The van der Waals surface area contributed by atoms with Gasteiger partial charge in [0.1, 0.15) is 0 Å². The maximum absolute atomic E-state index is 12.5. The Balaban J connectivity index is 2.19. The zero-order valence-electron chi connectivity index (χ0n) is 17.0. The molecular weight excluding hydrogens is 356 g/mol. The number of benzene rings is 2. The molecule has 6 heteroatoms. The summed E-state index contributed by atoms with van der Waals surface area (Å²) in [6.07, 6.45) is 2.59. The van der Waals surface area contributed by atoms with Gasteiger partial charge >= 0.3 is 0 Å². The Kier molecular flexibility index (Phi) is 8.34. The molecule has 0 aromatic heterocycles. The van der Waals surface area contributed by atoms with Crippen molar-refractivity contribution in [3.05, 3.63) is 53.1 Å². The van der Waals surface area contributed by atoms with Gasteiger partial charge < -0.3 is 14.2 Å². The number of carbonyl (C=O) groups excluding carboxylic acids is 1. The van der Waals surface area contributed by atoms with E-state index in [0.29, 0.717) is 42.6 Å². The maximum atomic E-state index is 12.5. The van der Waals surface area contributed by atoms with E-state index < -0.39 is 0 Å². The molecule has 0 spiro atoms. The van der Waals surface area contributed by atoms with E-state index in [2.05, 4.69) is 17.5 Å². The fourth-order valence-corrected chi connectivity index (χ4v) is 2.59. The summed E-state index contributed by atoms with van der Waals surface area (Å²) in [4.78, 5) is 12.5. The van der Waals surface area contributed by atoms with Gasteiger partial charge in [0.2, 0.25) is 5.75 Å². The highest BCUT2D eigenvalue weighted by molar-refractivity contribution is 5.96. The third-order valence-corrected chi connectivity index (χ3v) is 3.94. The van der Waals surface area contributed by atoms with Crippen molar-refractivity contribution in [2.75, 3.05) is 19.8 Å². The Morgan fingerprint density at radius 1 is 0.929 bits per heavy atom. The second-order valence-electron chi connectivity index (χ2n) is 5.89. The van der Waals surface area contributed by atoms with Crippen molar-refractivity contribution < 1.29 is 19.0 Å². The maximum Gasteiger partial charge on any atom is 0.271 e. The Bertz CT molecular complexity index is 774. The Morgan fingerprint density at radius 3 is 2.00 bits per heavy atom. The molecule has 1 N–H and O–H groups in total. The van der Waals surface area contributed by atoms with Crippen molar-refractivity contribution >= 4 is 12.1 Å². The van der Waals surface area contributed by atoms with Gasteiger partial charge in [-0.05, 0) is 50.5 Å². The SMILES string of the molecule is CCOc1cc(C(=O)N/N=C/c2ccc(CC)cc2)cc(OCC)c1OCC. The van der Waals surface area contributed by atoms with Gasteiger partial charge in [-0.15, -0.1) is 0 Å². The zero-order valence-corrected chi connectivity index (χ0v) is 17.0. The van der Waals surface area contributed by atoms with E-state index in [1.54, 1.807) is 18.3 Å². The Morgan fingerprint density at radius 2 is 1.50 bits per heavy atom. The number of aryl methyl sites for hydroxylation is 1. The average Bonchev–Trinajstić information content (AvgIpc) is 2.71. The number of nitrogens with one attached hydrogen (secondary N) is 1. The average molecular weight is 384 g/mol. The van der Waals surface area contributed by atoms with Crippen LogP contribution >= 0.6 is 0 Å². The first-order valence-corrected chi connectivity index (χ1v) is 9.61. The predicted octanol–water partition coefficient (Wildman–Crippen LogP) is 4.21. The first kappa shape index (κ1) is 21.3. The van der Waals surface area contributed by atoms with Crippen LogP contribution in [0.15, 0.2) is 41.5 Å². The highest BCUT2D eigenvalue weighted by Crippen LogP contribution is 2.39. The van der Waals surface area contributed by atoms with Gasteiger partial charge in [0, 0.05) is 5.56 Å². The largest absolute Gasteiger partial charge is 0.490 e. The third-order valence-electron chi connectivity index (χ3n) is 3.94. The molecule has 150 valence electrons. The van der Waals surface area contributed by atoms with Gasteiger partial charge in [-0.1, -0.05) is 31.2 Å². The molecule has 0 aliphatic heterocycles. The number of hydrogen-bond acceptors (Lipinski definition) is 5. The minimum Gasteiger partial charge on any atom is -0.490 e. The molecule has 2 aromatic carbocycles. The molecule has 1 amide bonds. The summed E-state index contributed by atoms with van der Waals surface area (Å²) in [5.41, 5.74) is 5.09. The third kappa shape index (κ3) is 5.74. The molecular formula is C22H28N2O4. The lowest BCUT2D eigenvalue weighted by Crippen LogP contribution is -2.18. The van der Waals surface area contributed by atoms with Crippen molar-refractivity contribution in [1.29, 1.82) is 0 Å². The van der Waals surface area contributed by atoms with Crippen molar-refractivity contribution in [2.24, 2.45) is 5.10 Å². The molecule has 0 aliphatic rings. The molecule has 0 unspecified atom stereocenters. The summed E-state index contributed by atoms with van der Waals surface area (Å²) in [5, 5.41) is 4.05. The van der Waals surface area contributed by atoms with Crippen molar-refractivity contribution in [1.82, 2.24) is 5.43 Å². The molecule has 0 heterocycles. The van der Waals surface area contributed by atoms with Crippen LogP contribution in [0.4, 0.5) is 0 Å². The lowest BCUT2D eigenvalue weighted by molar-refractivity contribution is 0.0954. The minimum atomic E-state index is -0.355. The Labute approximate surface area is 166 Å². The van der Waals surface area contributed by atoms with E-state index in [1.165, 1.54) is 5.56 Å². The van der Waals surface area contributed by atoms with Crippen LogP contribution in [-0.2, 0) is 6.42 Å². The standard InChI is InChI=1S/C22H28N2O4/c1-5-16-9-11-17(12-10-16)15-23-24-22(25)18-13-19(26-6-2)21(28-8-4)20(14-18)27-7-3/h9-15H,5-8H2,1-4H3,(H,24,25)/b23-15+. The van der Waals surface area contributed by atoms with Crippen LogP contribution in [0.5, 0.6) is 17.2 Å². The topological polar surface area (TPSA) is 69.2 Å². The van der Waals surface area contributed by atoms with Crippen LogP contribution < -0.4 is 19.6 Å². The predicted molar refractivity (Wildman–Crippen MR) is 111 cm³/mol. The lowest BCUT2D eigenvalue weighted by atomic mass is 10.1. The molecule has 0 radical (unpaired) electrons. The summed E-state index contributed by atoms with van der Waals surface area (Å²) in [6.45, 7) is 9.09. The molecule has 0 aliphatic carbocycles. The summed E-state index contributed by atoms with van der Waals surface area (Å²) < 4.78 is 16.9. The fraction of sp³-hybridized carbons (Fsp3) is 0.364. The minimum absolute atomic E-state index is 0.355. The van der Waals surface area contributed by atoms with Crippen LogP contribution in [0.25, 0.3) is 0 Å². The fourth-order valence-electron chi connectivity index (χ4n) is 2.59. The molecule has 0 fully saturated rings. The van der Waals surface area contributed by atoms with E-state index in [1.807, 2.05) is 45.0 Å². The highest BCUT2D eigenvalue weighted by Gasteiger charge is 2.18. The quantitative estimate of drug-likeness (QED) is 0.492. The van der Waals surface area contributed by atoms with E-state index in [0.717, 1.165) is 12.0 Å². The summed E-state index contributed by atoms with van der Waals surface area (Å²) in [6, 6.07) is 11.3. The van der Waals surface area contributed by atoms with Gasteiger partial charge in [-0.3, -0.25) is 4.79 Å². The number of amides is 1. The van der Waals surface area contributed by atoms with E-state index in [4.69, 9.17) is 14.2 Å². The number of hydrazone groups is 1. The van der Waals surface area contributed by atoms with Crippen LogP contribution in [0.3, 0.4) is 0 Å². The monoisotopic (exact) mass is 384 g/mol. The molecule has 0 saturated heterocycles. The van der Waals surface area contributed by atoms with Crippen molar-refractivity contribution in [3.63, 3.8) is 0 Å². The first-order chi connectivity index (χ1) is 13.6. The van der Waals surface area contributed by atoms with Gasteiger partial charge in [0.05, 0.1) is 26.0 Å². The van der Waals surface area contributed by atoms with Gasteiger partial charge in [-0.25, -0.2) is 5.43 Å². The van der Waals surface area contributed by atoms with Gasteiger partial charge in [0.25, 0.3) is 5.91 Å². The highest BCUT2D eigenvalue weighted by atomic mass is 16.5. The smallest absolute Gasteiger partial charge is 0.271 e. The first-order valence-electron chi connectivity index (χ1n) is 9.61. The van der Waals surface area contributed by atoms with E-state index in [9.17, 15) is 4.79 Å². The van der Waals surface area contributed by atoms with E-state index in [-0.39, 0.29) is 5.91 Å². The van der Waals surface area contributed by atoms with Crippen molar-refractivity contribution in [2.45, 2.75) is 34.1 Å². The summed E-state index contributed by atoms with van der Waals surface area (Å²) in [7, 11) is 0. The number of hydrogen-bond donors (Lipinski definition) is 1. The number of rotatable bonds is 10. The summed E-state index contributed by atoms with van der Waals surface area (Å²) >= 11 is 0.